The van der Waals surface area contributed by atoms with Crippen molar-refractivity contribution in [1.82, 2.24) is 24.5 Å². The SMILES string of the molecule is CCNc1nc(NCCCS(C)=O)nc(-n2ccnc2)n1. The van der Waals surface area contributed by atoms with Crippen molar-refractivity contribution in [1.29, 1.82) is 0 Å². The lowest BCUT2D eigenvalue weighted by atomic mass is 10.5. The Morgan fingerprint density at radius 3 is 2.62 bits per heavy atom. The van der Waals surface area contributed by atoms with Crippen LogP contribution in [0.5, 0.6) is 0 Å². The molecule has 0 radical (unpaired) electrons. The largest absolute Gasteiger partial charge is 0.354 e. The average molecular weight is 309 g/mol. The van der Waals surface area contributed by atoms with Crippen LogP contribution in [-0.2, 0) is 10.8 Å². The van der Waals surface area contributed by atoms with E-state index in [1.807, 2.05) is 6.92 Å². The van der Waals surface area contributed by atoms with Crippen LogP contribution in [0.15, 0.2) is 18.7 Å². The number of nitrogens with one attached hydrogen (secondary N) is 2. The van der Waals surface area contributed by atoms with Gasteiger partial charge in [-0.25, -0.2) is 4.98 Å². The van der Waals surface area contributed by atoms with Crippen molar-refractivity contribution in [3.8, 4) is 5.95 Å². The molecule has 0 fully saturated rings. The summed E-state index contributed by atoms with van der Waals surface area (Å²) in [5.74, 6) is 2.16. The summed E-state index contributed by atoms with van der Waals surface area (Å²) in [6.07, 6.45) is 7.57. The average Bonchev–Trinajstić information content (AvgIpc) is 2.98. The van der Waals surface area contributed by atoms with Gasteiger partial charge in [0.2, 0.25) is 17.8 Å². The third-order valence-corrected chi connectivity index (χ3v) is 3.45. The van der Waals surface area contributed by atoms with Crippen molar-refractivity contribution < 1.29 is 4.21 Å². The van der Waals surface area contributed by atoms with Gasteiger partial charge in [-0.15, -0.1) is 0 Å². The Morgan fingerprint density at radius 1 is 1.24 bits per heavy atom. The predicted molar refractivity (Wildman–Crippen MR) is 83.2 cm³/mol. The second-order valence-corrected chi connectivity index (χ2v) is 5.90. The van der Waals surface area contributed by atoms with E-state index in [4.69, 9.17) is 0 Å². The van der Waals surface area contributed by atoms with Crippen LogP contribution in [0.25, 0.3) is 5.95 Å². The molecular formula is C12H19N7OS. The van der Waals surface area contributed by atoms with Gasteiger partial charge >= 0.3 is 0 Å². The quantitative estimate of drug-likeness (QED) is 0.692. The van der Waals surface area contributed by atoms with Gasteiger partial charge in [0.05, 0.1) is 0 Å². The Morgan fingerprint density at radius 2 is 2.00 bits per heavy atom. The summed E-state index contributed by atoms with van der Waals surface area (Å²) in [5.41, 5.74) is 0. The first-order valence-electron chi connectivity index (χ1n) is 6.71. The number of hydrogen-bond donors (Lipinski definition) is 2. The standard InChI is InChI=1S/C12H19N7OS/c1-3-14-10-16-11(15-5-4-8-21(2)20)18-12(17-10)19-7-6-13-9-19/h6-7,9H,3-5,8H2,1-2H3,(H2,14,15,16,17,18). The van der Waals surface area contributed by atoms with Gasteiger partial charge < -0.3 is 10.6 Å². The number of nitrogens with zero attached hydrogens (tertiary/aromatic N) is 5. The molecule has 2 rings (SSSR count). The Kier molecular flexibility index (Phi) is 5.61. The normalized spacial score (nSPS) is 12.1. The maximum atomic E-state index is 11.0. The molecule has 1 atom stereocenters. The van der Waals surface area contributed by atoms with Crippen LogP contribution in [0, 0.1) is 0 Å². The summed E-state index contributed by atoms with van der Waals surface area (Å²) in [6.45, 7) is 3.37. The number of aromatic nitrogens is 5. The van der Waals surface area contributed by atoms with Crippen molar-refractivity contribution in [3.05, 3.63) is 18.7 Å². The van der Waals surface area contributed by atoms with Gasteiger partial charge in [0.1, 0.15) is 6.33 Å². The van der Waals surface area contributed by atoms with Crippen LogP contribution >= 0.6 is 0 Å². The summed E-state index contributed by atoms with van der Waals surface area (Å²) < 4.78 is 12.7. The molecule has 0 spiro atoms. The second-order valence-electron chi connectivity index (χ2n) is 4.34. The van der Waals surface area contributed by atoms with Gasteiger partial charge in [-0.1, -0.05) is 0 Å². The molecule has 0 aliphatic heterocycles. The van der Waals surface area contributed by atoms with E-state index in [-0.39, 0.29) is 0 Å². The fourth-order valence-electron chi connectivity index (χ4n) is 1.65. The smallest absolute Gasteiger partial charge is 0.241 e. The van der Waals surface area contributed by atoms with E-state index < -0.39 is 10.8 Å². The zero-order valence-electron chi connectivity index (χ0n) is 12.1. The molecule has 0 aliphatic rings. The van der Waals surface area contributed by atoms with E-state index in [0.29, 0.717) is 30.1 Å². The van der Waals surface area contributed by atoms with Crippen LogP contribution in [-0.4, -0.2) is 53.8 Å². The van der Waals surface area contributed by atoms with Gasteiger partial charge in [-0.2, -0.15) is 15.0 Å². The molecule has 2 aromatic rings. The van der Waals surface area contributed by atoms with E-state index in [1.165, 1.54) is 0 Å². The number of anilines is 2. The minimum Gasteiger partial charge on any atom is -0.354 e. The summed E-state index contributed by atoms with van der Waals surface area (Å²) in [5, 5.41) is 6.21. The van der Waals surface area contributed by atoms with Crippen molar-refractivity contribution in [2.45, 2.75) is 13.3 Å². The summed E-state index contributed by atoms with van der Waals surface area (Å²) in [4.78, 5) is 17.0. The highest BCUT2D eigenvalue weighted by molar-refractivity contribution is 7.84. The lowest BCUT2D eigenvalue weighted by Gasteiger charge is -2.09. The molecule has 0 saturated heterocycles. The molecule has 0 bridgehead atoms. The highest BCUT2D eigenvalue weighted by Gasteiger charge is 2.07. The van der Waals surface area contributed by atoms with Crippen molar-refractivity contribution in [2.75, 3.05) is 35.7 Å². The molecule has 8 nitrogen and oxygen atoms in total. The molecule has 0 aromatic carbocycles. The summed E-state index contributed by atoms with van der Waals surface area (Å²) >= 11 is 0. The van der Waals surface area contributed by atoms with Crippen LogP contribution in [0.4, 0.5) is 11.9 Å². The van der Waals surface area contributed by atoms with Gasteiger partial charge in [0, 0.05) is 48.3 Å². The minimum absolute atomic E-state index is 0.492. The summed E-state index contributed by atoms with van der Waals surface area (Å²) in [7, 11) is -0.777. The first kappa shape index (κ1) is 15.4. The lowest BCUT2D eigenvalue weighted by molar-refractivity contribution is 0.685. The van der Waals surface area contributed by atoms with E-state index >= 15 is 0 Å². The van der Waals surface area contributed by atoms with Crippen LogP contribution in [0.2, 0.25) is 0 Å². The topological polar surface area (TPSA) is 97.6 Å². The molecule has 2 N–H and O–H groups in total. The molecule has 0 aliphatic carbocycles. The molecule has 9 heteroatoms. The molecule has 114 valence electrons. The van der Waals surface area contributed by atoms with Crippen molar-refractivity contribution in [3.63, 3.8) is 0 Å². The molecule has 1 unspecified atom stereocenters. The Bertz CT molecular complexity index is 587. The van der Waals surface area contributed by atoms with Gasteiger partial charge in [0.25, 0.3) is 0 Å². The Balaban J connectivity index is 2.10. The Hall–Kier alpha value is -2.03. The van der Waals surface area contributed by atoms with E-state index in [1.54, 1.807) is 29.5 Å². The van der Waals surface area contributed by atoms with Gasteiger partial charge in [-0.3, -0.25) is 8.78 Å². The Labute approximate surface area is 125 Å². The van der Waals surface area contributed by atoms with Crippen LogP contribution < -0.4 is 10.6 Å². The first-order chi connectivity index (χ1) is 10.2. The first-order valence-corrected chi connectivity index (χ1v) is 8.44. The third-order valence-electron chi connectivity index (χ3n) is 2.59. The molecule has 0 amide bonds. The maximum Gasteiger partial charge on any atom is 0.241 e. The van der Waals surface area contributed by atoms with Crippen LogP contribution in [0.3, 0.4) is 0 Å². The molecule has 21 heavy (non-hydrogen) atoms. The molecule has 2 heterocycles. The minimum atomic E-state index is -0.777. The van der Waals surface area contributed by atoms with Gasteiger partial charge in [0.15, 0.2) is 0 Å². The molecule has 2 aromatic heterocycles. The highest BCUT2D eigenvalue weighted by atomic mass is 32.2. The molecule has 0 saturated carbocycles. The van der Waals surface area contributed by atoms with Gasteiger partial charge in [-0.05, 0) is 13.3 Å². The van der Waals surface area contributed by atoms with E-state index in [9.17, 15) is 4.21 Å². The predicted octanol–water partition coefficient (Wildman–Crippen LogP) is 0.670. The van der Waals surface area contributed by atoms with E-state index in [2.05, 4.69) is 30.6 Å². The zero-order chi connectivity index (χ0) is 15.1. The fourth-order valence-corrected chi connectivity index (χ4v) is 2.20. The summed E-state index contributed by atoms with van der Waals surface area (Å²) in [6, 6.07) is 0. The lowest BCUT2D eigenvalue weighted by Crippen LogP contribution is -2.13. The highest BCUT2D eigenvalue weighted by Crippen LogP contribution is 2.09. The maximum absolute atomic E-state index is 11.0. The number of hydrogen-bond acceptors (Lipinski definition) is 7. The monoisotopic (exact) mass is 309 g/mol. The molecular weight excluding hydrogens is 290 g/mol. The number of imidazole rings is 1. The fraction of sp³-hybridized carbons (Fsp3) is 0.500. The van der Waals surface area contributed by atoms with Crippen molar-refractivity contribution >= 4 is 22.7 Å². The van der Waals surface area contributed by atoms with Crippen molar-refractivity contribution in [2.24, 2.45) is 0 Å². The zero-order valence-corrected chi connectivity index (χ0v) is 12.9. The third kappa shape index (κ3) is 4.78. The second kappa shape index (κ2) is 7.67. The number of rotatable bonds is 8. The van der Waals surface area contributed by atoms with Crippen LogP contribution in [0.1, 0.15) is 13.3 Å². The van der Waals surface area contributed by atoms with E-state index in [0.717, 1.165) is 13.0 Å².